The summed E-state index contributed by atoms with van der Waals surface area (Å²) in [6.45, 7) is 2.37. The van der Waals surface area contributed by atoms with Crippen LogP contribution in [0.25, 0.3) is 0 Å². The first kappa shape index (κ1) is 22.0. The van der Waals surface area contributed by atoms with E-state index in [2.05, 4.69) is 10.3 Å². The fourth-order valence-corrected chi connectivity index (χ4v) is 4.77. The van der Waals surface area contributed by atoms with E-state index in [1.54, 1.807) is 17.7 Å². The summed E-state index contributed by atoms with van der Waals surface area (Å²) < 4.78 is 12.9. The van der Waals surface area contributed by atoms with Crippen molar-refractivity contribution in [2.24, 2.45) is 7.05 Å². The quantitative estimate of drug-likeness (QED) is 0.433. The van der Waals surface area contributed by atoms with Crippen molar-refractivity contribution in [3.05, 3.63) is 75.6 Å². The third kappa shape index (κ3) is 4.36. The molecule has 0 bridgehead atoms. The second kappa shape index (κ2) is 9.48. The Balaban J connectivity index is 1.73. The van der Waals surface area contributed by atoms with E-state index in [1.807, 2.05) is 56.4 Å². The first-order valence-electron chi connectivity index (χ1n) is 10.4. The molecular formula is C24H25N3O4S. The summed E-state index contributed by atoms with van der Waals surface area (Å²) in [7, 11) is 3.40. The SMILES string of the molecule is CCOc1cc([C@H]2CC(=O)Nc3c2c(=O)nc(SCc2ccccc2)n3C)ccc1OC. The van der Waals surface area contributed by atoms with Gasteiger partial charge in [-0.2, -0.15) is 4.98 Å². The van der Waals surface area contributed by atoms with Crippen LogP contribution in [0, 0.1) is 0 Å². The molecule has 0 spiro atoms. The number of hydrogen-bond acceptors (Lipinski definition) is 6. The molecule has 4 rings (SSSR count). The molecule has 0 radical (unpaired) electrons. The number of rotatable bonds is 7. The number of thioether (sulfide) groups is 1. The molecule has 2 heterocycles. The average Bonchev–Trinajstić information content (AvgIpc) is 2.80. The molecule has 8 heteroatoms. The maximum Gasteiger partial charge on any atom is 0.279 e. The molecule has 32 heavy (non-hydrogen) atoms. The predicted molar refractivity (Wildman–Crippen MR) is 125 cm³/mol. The maximum absolute atomic E-state index is 13.1. The Morgan fingerprint density at radius 1 is 1.16 bits per heavy atom. The zero-order chi connectivity index (χ0) is 22.7. The van der Waals surface area contributed by atoms with Crippen molar-refractivity contribution >= 4 is 23.5 Å². The number of hydrogen-bond donors (Lipinski definition) is 1. The van der Waals surface area contributed by atoms with Gasteiger partial charge in [-0.3, -0.25) is 9.59 Å². The Labute approximate surface area is 190 Å². The molecule has 2 aromatic carbocycles. The Hall–Kier alpha value is -3.26. The third-order valence-electron chi connectivity index (χ3n) is 5.40. The summed E-state index contributed by atoms with van der Waals surface area (Å²) in [6, 6.07) is 15.5. The summed E-state index contributed by atoms with van der Waals surface area (Å²) in [6.07, 6.45) is 0.165. The van der Waals surface area contributed by atoms with Gasteiger partial charge in [0.15, 0.2) is 16.7 Å². The van der Waals surface area contributed by atoms with Gasteiger partial charge >= 0.3 is 0 Å². The number of ether oxygens (including phenoxy) is 2. The summed E-state index contributed by atoms with van der Waals surface area (Å²) in [4.78, 5) is 30.1. The van der Waals surface area contributed by atoms with Crippen LogP contribution in [-0.2, 0) is 17.6 Å². The van der Waals surface area contributed by atoms with E-state index >= 15 is 0 Å². The molecule has 1 N–H and O–H groups in total. The van der Waals surface area contributed by atoms with Gasteiger partial charge in [-0.25, -0.2) is 0 Å². The molecule has 0 fully saturated rings. The topological polar surface area (TPSA) is 82.5 Å². The van der Waals surface area contributed by atoms with Gasteiger partial charge in [0.1, 0.15) is 5.82 Å². The van der Waals surface area contributed by atoms with E-state index < -0.39 is 5.92 Å². The lowest BCUT2D eigenvalue weighted by atomic mass is 9.86. The zero-order valence-electron chi connectivity index (χ0n) is 18.3. The lowest BCUT2D eigenvalue weighted by Gasteiger charge is -2.28. The molecule has 3 aromatic rings. The summed E-state index contributed by atoms with van der Waals surface area (Å²) in [5.74, 6) is 1.80. The van der Waals surface area contributed by atoms with Crippen LogP contribution >= 0.6 is 11.8 Å². The lowest BCUT2D eigenvalue weighted by Crippen LogP contribution is -2.33. The summed E-state index contributed by atoms with van der Waals surface area (Å²) in [5, 5.41) is 3.44. The smallest absolute Gasteiger partial charge is 0.279 e. The van der Waals surface area contributed by atoms with Gasteiger partial charge in [0.05, 0.1) is 19.3 Å². The molecule has 166 valence electrons. The van der Waals surface area contributed by atoms with Crippen LogP contribution < -0.4 is 20.3 Å². The average molecular weight is 452 g/mol. The predicted octanol–water partition coefficient (Wildman–Crippen LogP) is 3.95. The normalized spacial score (nSPS) is 15.1. The van der Waals surface area contributed by atoms with Gasteiger partial charge in [-0.05, 0) is 30.2 Å². The molecule has 0 aliphatic carbocycles. The number of fused-ring (bicyclic) bond motifs is 1. The molecular weight excluding hydrogens is 426 g/mol. The molecule has 0 saturated heterocycles. The standard InChI is InChI=1S/C24H25N3O4S/c1-4-31-19-12-16(10-11-18(19)30-3)17-13-20(28)25-22-21(17)23(29)26-24(27(22)2)32-14-15-8-6-5-7-9-15/h5-12,17H,4,13-14H2,1-3H3,(H,25,28)/t17-/m1/s1. The van der Waals surface area contributed by atoms with Crippen molar-refractivity contribution < 1.29 is 14.3 Å². The van der Waals surface area contributed by atoms with Crippen molar-refractivity contribution in [3.63, 3.8) is 0 Å². The van der Waals surface area contributed by atoms with Crippen LogP contribution in [0.15, 0.2) is 58.5 Å². The Bertz CT molecular complexity index is 1190. The van der Waals surface area contributed by atoms with Gasteiger partial charge in [-0.1, -0.05) is 48.2 Å². The van der Waals surface area contributed by atoms with Crippen LogP contribution in [0.5, 0.6) is 11.5 Å². The van der Waals surface area contributed by atoms with Gasteiger partial charge in [0.2, 0.25) is 5.91 Å². The van der Waals surface area contributed by atoms with E-state index in [4.69, 9.17) is 9.47 Å². The lowest BCUT2D eigenvalue weighted by molar-refractivity contribution is -0.116. The van der Waals surface area contributed by atoms with Crippen LogP contribution in [0.2, 0.25) is 0 Å². The number of aromatic nitrogens is 2. The minimum Gasteiger partial charge on any atom is -0.493 e. The van der Waals surface area contributed by atoms with E-state index in [0.717, 1.165) is 11.1 Å². The number of carbonyl (C=O) groups excluding carboxylic acids is 1. The van der Waals surface area contributed by atoms with Gasteiger partial charge in [0, 0.05) is 25.1 Å². The number of carbonyl (C=O) groups is 1. The highest BCUT2D eigenvalue weighted by atomic mass is 32.2. The summed E-state index contributed by atoms with van der Waals surface area (Å²) in [5.41, 5.74) is 2.11. The van der Waals surface area contributed by atoms with Crippen LogP contribution in [-0.4, -0.2) is 29.2 Å². The molecule has 0 unspecified atom stereocenters. The zero-order valence-corrected chi connectivity index (χ0v) is 19.1. The molecule has 7 nitrogen and oxygen atoms in total. The fourth-order valence-electron chi connectivity index (χ4n) is 3.85. The third-order valence-corrected chi connectivity index (χ3v) is 6.50. The Kier molecular flexibility index (Phi) is 6.50. The van der Waals surface area contributed by atoms with E-state index in [-0.39, 0.29) is 17.9 Å². The van der Waals surface area contributed by atoms with Crippen LogP contribution in [0.3, 0.4) is 0 Å². The molecule has 1 aromatic heterocycles. The maximum atomic E-state index is 13.1. The number of anilines is 1. The van der Waals surface area contributed by atoms with Crippen molar-refractivity contribution in [1.82, 2.24) is 9.55 Å². The summed E-state index contributed by atoms with van der Waals surface area (Å²) >= 11 is 1.46. The highest BCUT2D eigenvalue weighted by molar-refractivity contribution is 7.98. The van der Waals surface area contributed by atoms with Crippen molar-refractivity contribution in [2.45, 2.75) is 30.2 Å². The molecule has 1 amide bonds. The van der Waals surface area contributed by atoms with Gasteiger partial charge in [0.25, 0.3) is 5.56 Å². The molecule has 1 atom stereocenters. The van der Waals surface area contributed by atoms with Crippen LogP contribution in [0.4, 0.5) is 5.82 Å². The Morgan fingerprint density at radius 3 is 2.66 bits per heavy atom. The van der Waals surface area contributed by atoms with E-state index in [1.165, 1.54) is 11.8 Å². The van der Waals surface area contributed by atoms with Gasteiger partial charge < -0.3 is 19.4 Å². The first-order valence-corrected chi connectivity index (χ1v) is 11.4. The first-order chi connectivity index (χ1) is 15.5. The highest BCUT2D eigenvalue weighted by Gasteiger charge is 2.32. The number of nitrogens with zero attached hydrogens (tertiary/aromatic N) is 2. The minimum absolute atomic E-state index is 0.142. The second-order valence-electron chi connectivity index (χ2n) is 7.44. The van der Waals surface area contributed by atoms with E-state index in [9.17, 15) is 9.59 Å². The van der Waals surface area contributed by atoms with Crippen molar-refractivity contribution in [2.75, 3.05) is 19.0 Å². The number of methoxy groups -OCH3 is 1. The number of amides is 1. The number of benzene rings is 2. The second-order valence-corrected chi connectivity index (χ2v) is 8.39. The highest BCUT2D eigenvalue weighted by Crippen LogP contribution is 2.39. The fraction of sp³-hybridized carbons (Fsp3) is 0.292. The van der Waals surface area contributed by atoms with Crippen molar-refractivity contribution in [3.8, 4) is 11.5 Å². The number of nitrogens with one attached hydrogen (secondary N) is 1. The largest absolute Gasteiger partial charge is 0.493 e. The molecule has 0 saturated carbocycles. The van der Waals surface area contributed by atoms with Crippen LogP contribution in [0.1, 0.15) is 36.0 Å². The van der Waals surface area contributed by atoms with E-state index in [0.29, 0.717) is 40.4 Å². The van der Waals surface area contributed by atoms with Crippen molar-refractivity contribution in [1.29, 1.82) is 0 Å². The van der Waals surface area contributed by atoms with Gasteiger partial charge in [-0.15, -0.1) is 0 Å². The minimum atomic E-state index is -0.414. The monoisotopic (exact) mass is 451 g/mol. The molecule has 1 aliphatic heterocycles. The Morgan fingerprint density at radius 2 is 1.94 bits per heavy atom. The molecule has 1 aliphatic rings.